The number of piperazine rings is 1. The van der Waals surface area contributed by atoms with Crippen molar-refractivity contribution in [1.29, 1.82) is 0 Å². The molecule has 4 rings (SSSR count). The molecule has 166 valence electrons. The molecule has 0 spiro atoms. The van der Waals surface area contributed by atoms with E-state index in [4.69, 9.17) is 27.7 Å². The number of hydrogen-bond acceptors (Lipinski definition) is 5. The Balaban J connectivity index is 1.12. The lowest BCUT2D eigenvalue weighted by molar-refractivity contribution is -0.117. The molecular weight excluding hydrogens is 435 g/mol. The van der Waals surface area contributed by atoms with Gasteiger partial charge in [-0.25, -0.2) is 4.99 Å². The minimum atomic E-state index is -0.169. The first kappa shape index (κ1) is 22.3. The van der Waals surface area contributed by atoms with Crippen molar-refractivity contribution in [3.63, 3.8) is 0 Å². The number of benzene rings is 1. The molecule has 2 aliphatic rings. The van der Waals surface area contributed by atoms with E-state index >= 15 is 0 Å². The summed E-state index contributed by atoms with van der Waals surface area (Å²) in [5.74, 6) is 1.55. The van der Waals surface area contributed by atoms with Crippen molar-refractivity contribution in [2.24, 2.45) is 16.8 Å². The lowest BCUT2D eigenvalue weighted by atomic mass is 9.74. The molecule has 0 bridgehead atoms. The maximum Gasteiger partial charge on any atom is 0.253 e. The van der Waals surface area contributed by atoms with Gasteiger partial charge >= 0.3 is 0 Å². The van der Waals surface area contributed by atoms with Gasteiger partial charge in [0.25, 0.3) is 5.91 Å². The smallest absolute Gasteiger partial charge is 0.253 e. The van der Waals surface area contributed by atoms with Gasteiger partial charge in [-0.3, -0.25) is 9.69 Å². The Morgan fingerprint density at radius 1 is 1.26 bits per heavy atom. The average Bonchev–Trinajstić information content (AvgIpc) is 3.13. The Labute approximate surface area is 193 Å². The Kier molecular flexibility index (Phi) is 7.31. The summed E-state index contributed by atoms with van der Waals surface area (Å²) in [4.78, 5) is 20.9. The number of aliphatic imine (C=N–C) groups is 1. The molecule has 0 unspecified atom stereocenters. The highest BCUT2D eigenvalue weighted by Gasteiger charge is 2.29. The van der Waals surface area contributed by atoms with Gasteiger partial charge in [-0.15, -0.1) is 0 Å². The van der Waals surface area contributed by atoms with Crippen LogP contribution in [0.1, 0.15) is 30.7 Å². The van der Waals surface area contributed by atoms with Gasteiger partial charge in [0.05, 0.1) is 27.8 Å². The van der Waals surface area contributed by atoms with E-state index in [-0.39, 0.29) is 12.3 Å². The molecule has 1 aliphatic heterocycles. The zero-order chi connectivity index (χ0) is 21.8. The maximum absolute atomic E-state index is 11.9. The SMILES string of the molecule is Cc1cc(CC(=O)/N=C/C2CC(CCN3CCN(c4cccc(Cl)c4Cl)CC3)C2)on1. The highest BCUT2D eigenvalue weighted by molar-refractivity contribution is 6.43. The average molecular weight is 463 g/mol. The second-order valence-electron chi connectivity index (χ2n) is 8.57. The van der Waals surface area contributed by atoms with Gasteiger partial charge in [0.1, 0.15) is 5.76 Å². The number of hydrogen-bond donors (Lipinski definition) is 0. The van der Waals surface area contributed by atoms with Gasteiger partial charge in [-0.2, -0.15) is 0 Å². The first-order valence-electron chi connectivity index (χ1n) is 10.9. The van der Waals surface area contributed by atoms with Crippen LogP contribution in [-0.4, -0.2) is 54.9 Å². The Bertz CT molecular complexity index is 931. The molecule has 2 fully saturated rings. The summed E-state index contributed by atoms with van der Waals surface area (Å²) in [5.41, 5.74) is 1.81. The van der Waals surface area contributed by atoms with E-state index in [0.717, 1.165) is 62.9 Å². The monoisotopic (exact) mass is 462 g/mol. The van der Waals surface area contributed by atoms with Gasteiger partial charge in [-0.05, 0) is 56.7 Å². The summed E-state index contributed by atoms with van der Waals surface area (Å²) >= 11 is 12.5. The Hall–Kier alpha value is -1.89. The summed E-state index contributed by atoms with van der Waals surface area (Å²) in [5, 5.41) is 5.05. The Morgan fingerprint density at radius 3 is 2.74 bits per heavy atom. The molecule has 0 atom stereocenters. The molecule has 31 heavy (non-hydrogen) atoms. The predicted molar refractivity (Wildman–Crippen MR) is 124 cm³/mol. The highest BCUT2D eigenvalue weighted by Crippen LogP contribution is 2.36. The van der Waals surface area contributed by atoms with E-state index in [2.05, 4.69) is 19.9 Å². The Morgan fingerprint density at radius 2 is 2.03 bits per heavy atom. The van der Waals surface area contributed by atoms with Crippen LogP contribution >= 0.6 is 23.2 Å². The van der Waals surface area contributed by atoms with Crippen LogP contribution in [0, 0.1) is 18.8 Å². The quantitative estimate of drug-likeness (QED) is 0.559. The fourth-order valence-electron chi connectivity index (χ4n) is 4.34. The van der Waals surface area contributed by atoms with Crippen molar-refractivity contribution in [3.05, 3.63) is 45.8 Å². The van der Waals surface area contributed by atoms with Crippen LogP contribution in [0.25, 0.3) is 0 Å². The van der Waals surface area contributed by atoms with Gasteiger partial charge in [0.2, 0.25) is 0 Å². The number of carbonyl (C=O) groups excluding carboxylic acids is 1. The number of aromatic nitrogens is 1. The first-order valence-corrected chi connectivity index (χ1v) is 11.6. The summed E-state index contributed by atoms with van der Waals surface area (Å²) in [7, 11) is 0. The second-order valence-corrected chi connectivity index (χ2v) is 9.36. The van der Waals surface area contributed by atoms with Gasteiger partial charge in [-0.1, -0.05) is 34.4 Å². The largest absolute Gasteiger partial charge is 0.368 e. The molecule has 0 radical (unpaired) electrons. The van der Waals surface area contributed by atoms with Crippen LogP contribution in [0.15, 0.2) is 33.8 Å². The molecule has 1 amide bonds. The van der Waals surface area contributed by atoms with E-state index in [1.54, 1.807) is 6.07 Å². The summed E-state index contributed by atoms with van der Waals surface area (Å²) in [6.45, 7) is 6.96. The van der Waals surface area contributed by atoms with Crippen molar-refractivity contribution in [3.8, 4) is 0 Å². The molecular formula is C23H28Cl2N4O2. The molecule has 0 N–H and O–H groups in total. The normalized spacial score (nSPS) is 22.1. The minimum Gasteiger partial charge on any atom is -0.368 e. The van der Waals surface area contributed by atoms with Crippen LogP contribution in [0.5, 0.6) is 0 Å². The van der Waals surface area contributed by atoms with E-state index in [9.17, 15) is 4.79 Å². The summed E-state index contributed by atoms with van der Waals surface area (Å²) in [6.07, 6.45) is 5.45. The van der Waals surface area contributed by atoms with Crippen LogP contribution < -0.4 is 4.90 Å². The highest BCUT2D eigenvalue weighted by atomic mass is 35.5. The topological polar surface area (TPSA) is 61.9 Å². The van der Waals surface area contributed by atoms with E-state index in [1.807, 2.05) is 31.3 Å². The third-order valence-electron chi connectivity index (χ3n) is 6.20. The third-order valence-corrected chi connectivity index (χ3v) is 7.01. The molecule has 2 aromatic rings. The van der Waals surface area contributed by atoms with E-state index in [1.165, 1.54) is 6.42 Å². The number of carbonyl (C=O) groups is 1. The van der Waals surface area contributed by atoms with E-state index in [0.29, 0.717) is 21.7 Å². The van der Waals surface area contributed by atoms with Gasteiger partial charge in [0.15, 0.2) is 0 Å². The molecule has 1 aromatic heterocycles. The molecule has 1 saturated carbocycles. The minimum absolute atomic E-state index is 0.169. The van der Waals surface area contributed by atoms with Crippen molar-refractivity contribution in [2.75, 3.05) is 37.6 Å². The number of nitrogens with zero attached hydrogens (tertiary/aromatic N) is 4. The first-order chi connectivity index (χ1) is 15.0. The molecule has 8 heteroatoms. The van der Waals surface area contributed by atoms with Crippen molar-refractivity contribution in [1.82, 2.24) is 10.1 Å². The van der Waals surface area contributed by atoms with Crippen LogP contribution in [0.2, 0.25) is 10.0 Å². The van der Waals surface area contributed by atoms with Crippen molar-refractivity contribution >= 4 is 41.0 Å². The van der Waals surface area contributed by atoms with Crippen LogP contribution in [0.3, 0.4) is 0 Å². The van der Waals surface area contributed by atoms with Crippen molar-refractivity contribution < 1.29 is 9.32 Å². The predicted octanol–water partition coefficient (Wildman–Crippen LogP) is 4.67. The van der Waals surface area contributed by atoms with Gasteiger partial charge < -0.3 is 9.42 Å². The molecule has 1 saturated heterocycles. The molecule has 1 aromatic carbocycles. The summed E-state index contributed by atoms with van der Waals surface area (Å²) in [6, 6.07) is 7.59. The third kappa shape index (κ3) is 5.88. The van der Waals surface area contributed by atoms with Crippen molar-refractivity contribution in [2.45, 2.75) is 32.6 Å². The second kappa shape index (κ2) is 10.2. The number of amides is 1. The number of rotatable bonds is 7. The maximum atomic E-state index is 11.9. The number of aryl methyl sites for hydroxylation is 1. The van der Waals surface area contributed by atoms with Gasteiger partial charge in [0, 0.05) is 38.5 Å². The molecule has 2 heterocycles. The molecule has 6 nitrogen and oxygen atoms in total. The lowest BCUT2D eigenvalue weighted by Crippen LogP contribution is -2.47. The van der Waals surface area contributed by atoms with Crippen LogP contribution in [0.4, 0.5) is 5.69 Å². The zero-order valence-corrected chi connectivity index (χ0v) is 19.3. The van der Waals surface area contributed by atoms with E-state index < -0.39 is 0 Å². The number of anilines is 1. The zero-order valence-electron chi connectivity index (χ0n) is 17.8. The summed E-state index contributed by atoms with van der Waals surface area (Å²) < 4.78 is 5.07. The lowest BCUT2D eigenvalue weighted by Gasteiger charge is -2.39. The molecule has 1 aliphatic carbocycles. The fraction of sp³-hybridized carbons (Fsp3) is 0.522. The fourth-order valence-corrected chi connectivity index (χ4v) is 4.76. The number of halogens is 2. The van der Waals surface area contributed by atoms with Crippen LogP contribution in [-0.2, 0) is 11.2 Å². The standard InChI is InChI=1S/C23H28Cl2N4O2/c1-16-11-19(31-27-16)14-22(30)26-15-18-12-17(13-18)5-6-28-7-9-29(10-8-28)21-4-2-3-20(24)23(21)25/h2-4,11,15,17-18H,5-10,12-14H2,1H3/b26-15+.